The minimum Gasteiger partial charge on any atom is -0.481 e. The summed E-state index contributed by atoms with van der Waals surface area (Å²) >= 11 is 0. The second-order valence-corrected chi connectivity index (χ2v) is 5.86. The van der Waals surface area contributed by atoms with Crippen molar-refractivity contribution in [2.24, 2.45) is 0 Å². The molecule has 1 aliphatic carbocycles. The van der Waals surface area contributed by atoms with Gasteiger partial charge in [0.1, 0.15) is 5.75 Å². The number of benzene rings is 1. The molecule has 2 rings (SSSR count). The molecular weight excluding hydrogens is 264 g/mol. The van der Waals surface area contributed by atoms with Crippen molar-refractivity contribution in [1.29, 1.82) is 0 Å². The highest BCUT2D eigenvalue weighted by Crippen LogP contribution is 2.27. The highest BCUT2D eigenvalue weighted by molar-refractivity contribution is 5.81. The van der Waals surface area contributed by atoms with Gasteiger partial charge >= 0.3 is 0 Å². The fraction of sp³-hybridized carbons (Fsp3) is 0.588. The Bertz CT molecular complexity index is 498. The minimum absolute atomic E-state index is 0.0277. The summed E-state index contributed by atoms with van der Waals surface area (Å²) < 4.78 is 5.91. The van der Waals surface area contributed by atoms with Gasteiger partial charge in [0.15, 0.2) is 6.10 Å². The monoisotopic (exact) mass is 290 g/mol. The van der Waals surface area contributed by atoms with Crippen LogP contribution in [0.1, 0.15) is 50.8 Å². The van der Waals surface area contributed by atoms with E-state index in [1.807, 2.05) is 12.1 Å². The van der Waals surface area contributed by atoms with E-state index in [9.17, 15) is 4.79 Å². The van der Waals surface area contributed by atoms with Gasteiger partial charge in [-0.05, 0) is 46.2 Å². The molecular formula is C17H26N2O2. The number of carbonyl (C=O) groups excluding carboxylic acids is 1. The molecule has 1 aromatic carbocycles. The molecule has 1 aliphatic rings. The van der Waals surface area contributed by atoms with E-state index >= 15 is 0 Å². The van der Waals surface area contributed by atoms with Crippen LogP contribution < -0.4 is 15.4 Å². The van der Waals surface area contributed by atoms with Crippen LogP contribution in [0.3, 0.4) is 0 Å². The van der Waals surface area contributed by atoms with Crippen molar-refractivity contribution in [3.05, 3.63) is 29.3 Å². The molecule has 0 heterocycles. The first-order valence-electron chi connectivity index (χ1n) is 7.82. The van der Waals surface area contributed by atoms with Gasteiger partial charge in [-0.1, -0.05) is 24.6 Å². The van der Waals surface area contributed by atoms with E-state index in [2.05, 4.69) is 37.5 Å². The molecule has 1 saturated carbocycles. The van der Waals surface area contributed by atoms with Gasteiger partial charge in [0.05, 0.1) is 0 Å². The zero-order chi connectivity index (χ0) is 15.4. The van der Waals surface area contributed by atoms with Gasteiger partial charge in [-0.2, -0.15) is 0 Å². The maximum Gasteiger partial charge on any atom is 0.260 e. The summed E-state index contributed by atoms with van der Waals surface area (Å²) in [5, 5.41) is 6.37. The van der Waals surface area contributed by atoms with Crippen molar-refractivity contribution >= 4 is 5.91 Å². The van der Waals surface area contributed by atoms with Crippen LogP contribution in [0.4, 0.5) is 0 Å². The van der Waals surface area contributed by atoms with Gasteiger partial charge < -0.3 is 15.4 Å². The minimum atomic E-state index is -0.471. The molecule has 2 unspecified atom stereocenters. The Labute approximate surface area is 127 Å². The molecule has 0 aliphatic heterocycles. The summed E-state index contributed by atoms with van der Waals surface area (Å²) in [4.78, 5) is 12.0. The van der Waals surface area contributed by atoms with E-state index in [1.165, 1.54) is 5.56 Å². The van der Waals surface area contributed by atoms with Crippen molar-refractivity contribution < 1.29 is 9.53 Å². The number of hydrogen-bond acceptors (Lipinski definition) is 3. The summed E-state index contributed by atoms with van der Waals surface area (Å²) in [7, 11) is 0. The van der Waals surface area contributed by atoms with Crippen LogP contribution in [0.2, 0.25) is 0 Å². The Morgan fingerprint density at radius 2 is 2.10 bits per heavy atom. The number of rotatable bonds is 7. The third-order valence-corrected chi connectivity index (χ3v) is 3.74. The molecule has 1 fully saturated rings. The summed E-state index contributed by atoms with van der Waals surface area (Å²) in [5.74, 6) is 0.757. The predicted octanol–water partition coefficient (Wildman–Crippen LogP) is 2.71. The molecule has 0 radical (unpaired) electrons. The predicted molar refractivity (Wildman–Crippen MR) is 84.5 cm³/mol. The first kappa shape index (κ1) is 15.8. The molecule has 0 saturated heterocycles. The number of aryl methyl sites for hydroxylation is 1. The van der Waals surface area contributed by atoms with Crippen LogP contribution in [0.5, 0.6) is 5.75 Å². The van der Waals surface area contributed by atoms with Crippen LogP contribution in [-0.4, -0.2) is 24.6 Å². The standard InChI is InChI=1S/C17H26N2O2/c1-5-18-12(3)15-10-11(2)6-9-16(15)21-13(4)17(20)19-14-7-8-14/h6,9-10,12-14,18H,5,7-8H2,1-4H3,(H,19,20). The zero-order valence-corrected chi connectivity index (χ0v) is 13.4. The summed E-state index contributed by atoms with van der Waals surface area (Å²) in [6, 6.07) is 6.65. The smallest absolute Gasteiger partial charge is 0.260 e. The number of carbonyl (C=O) groups is 1. The molecule has 2 atom stereocenters. The van der Waals surface area contributed by atoms with Crippen molar-refractivity contribution in [3.8, 4) is 5.75 Å². The fourth-order valence-electron chi connectivity index (χ4n) is 2.32. The number of amides is 1. The van der Waals surface area contributed by atoms with Gasteiger partial charge in [-0.15, -0.1) is 0 Å². The molecule has 0 bridgehead atoms. The maximum absolute atomic E-state index is 12.0. The van der Waals surface area contributed by atoms with Crippen LogP contribution >= 0.6 is 0 Å². The summed E-state index contributed by atoms with van der Waals surface area (Å²) in [5.41, 5.74) is 2.29. The van der Waals surface area contributed by atoms with E-state index in [0.29, 0.717) is 6.04 Å². The third kappa shape index (κ3) is 4.46. The molecule has 2 N–H and O–H groups in total. The van der Waals surface area contributed by atoms with Crippen molar-refractivity contribution in [1.82, 2.24) is 10.6 Å². The van der Waals surface area contributed by atoms with Gasteiger partial charge in [0.25, 0.3) is 5.91 Å². The second kappa shape index (κ2) is 6.94. The Balaban J connectivity index is 2.08. The van der Waals surface area contributed by atoms with E-state index < -0.39 is 6.10 Å². The van der Waals surface area contributed by atoms with Crippen LogP contribution in [0, 0.1) is 6.92 Å². The maximum atomic E-state index is 12.0. The van der Waals surface area contributed by atoms with Crippen molar-refractivity contribution in [3.63, 3.8) is 0 Å². The molecule has 1 amide bonds. The number of hydrogen-bond donors (Lipinski definition) is 2. The highest BCUT2D eigenvalue weighted by Gasteiger charge is 2.26. The Morgan fingerprint density at radius 3 is 2.71 bits per heavy atom. The van der Waals surface area contributed by atoms with Gasteiger partial charge in [0.2, 0.25) is 0 Å². The van der Waals surface area contributed by atoms with Crippen LogP contribution in [0.15, 0.2) is 18.2 Å². The first-order valence-corrected chi connectivity index (χ1v) is 7.82. The number of nitrogens with one attached hydrogen (secondary N) is 2. The Morgan fingerprint density at radius 1 is 1.38 bits per heavy atom. The second-order valence-electron chi connectivity index (χ2n) is 5.86. The summed E-state index contributed by atoms with van der Waals surface area (Å²) in [6.07, 6.45) is 1.71. The third-order valence-electron chi connectivity index (χ3n) is 3.74. The lowest BCUT2D eigenvalue weighted by Crippen LogP contribution is -2.37. The summed E-state index contributed by atoms with van der Waals surface area (Å²) in [6.45, 7) is 8.96. The molecule has 4 heteroatoms. The van der Waals surface area contributed by atoms with Crippen LogP contribution in [-0.2, 0) is 4.79 Å². The molecule has 0 spiro atoms. The molecule has 1 aromatic rings. The Kier molecular flexibility index (Phi) is 5.23. The lowest BCUT2D eigenvalue weighted by Gasteiger charge is -2.21. The van der Waals surface area contributed by atoms with E-state index in [1.54, 1.807) is 6.92 Å². The Hall–Kier alpha value is -1.55. The lowest BCUT2D eigenvalue weighted by atomic mass is 10.0. The fourth-order valence-corrected chi connectivity index (χ4v) is 2.32. The van der Waals surface area contributed by atoms with E-state index in [0.717, 1.165) is 30.7 Å². The first-order chi connectivity index (χ1) is 10.0. The lowest BCUT2D eigenvalue weighted by molar-refractivity contribution is -0.127. The molecule has 0 aromatic heterocycles. The average molecular weight is 290 g/mol. The molecule has 116 valence electrons. The zero-order valence-electron chi connectivity index (χ0n) is 13.4. The van der Waals surface area contributed by atoms with Crippen molar-refractivity contribution in [2.45, 2.75) is 58.7 Å². The van der Waals surface area contributed by atoms with Crippen LogP contribution in [0.25, 0.3) is 0 Å². The topological polar surface area (TPSA) is 50.4 Å². The van der Waals surface area contributed by atoms with Gasteiger partial charge in [-0.25, -0.2) is 0 Å². The molecule has 21 heavy (non-hydrogen) atoms. The highest BCUT2D eigenvalue weighted by atomic mass is 16.5. The van der Waals surface area contributed by atoms with Gasteiger partial charge in [0, 0.05) is 17.6 Å². The van der Waals surface area contributed by atoms with E-state index in [4.69, 9.17) is 4.74 Å². The van der Waals surface area contributed by atoms with Gasteiger partial charge in [-0.3, -0.25) is 4.79 Å². The average Bonchev–Trinajstić information content (AvgIpc) is 3.24. The SMILES string of the molecule is CCNC(C)c1cc(C)ccc1OC(C)C(=O)NC1CC1. The largest absolute Gasteiger partial charge is 0.481 e. The van der Waals surface area contributed by atoms with E-state index in [-0.39, 0.29) is 11.9 Å². The normalized spacial score (nSPS) is 17.1. The number of ether oxygens (including phenoxy) is 1. The quantitative estimate of drug-likeness (QED) is 0.812. The molecule has 4 nitrogen and oxygen atoms in total. The van der Waals surface area contributed by atoms with Crippen molar-refractivity contribution in [2.75, 3.05) is 6.54 Å².